The van der Waals surface area contributed by atoms with Gasteiger partial charge in [0, 0.05) is 17.2 Å². The Balaban J connectivity index is 2.24. The van der Waals surface area contributed by atoms with Gasteiger partial charge < -0.3 is 5.32 Å². The van der Waals surface area contributed by atoms with Crippen LogP contribution < -0.4 is 5.32 Å². The van der Waals surface area contributed by atoms with E-state index >= 15 is 0 Å². The molecular weight excluding hydrogens is 338 g/mol. The lowest BCUT2D eigenvalue weighted by atomic mass is 10.1. The van der Waals surface area contributed by atoms with Crippen molar-refractivity contribution in [2.24, 2.45) is 0 Å². The predicted octanol–water partition coefficient (Wildman–Crippen LogP) is 3.62. The highest BCUT2D eigenvalue weighted by Gasteiger charge is 2.14. The van der Waals surface area contributed by atoms with E-state index < -0.39 is 4.92 Å². The molecule has 108 valence electrons. The molecule has 1 aromatic heterocycles. The third-order valence-electron chi connectivity index (χ3n) is 2.96. The van der Waals surface area contributed by atoms with Gasteiger partial charge in [0.15, 0.2) is 0 Å². The second-order valence-electron chi connectivity index (χ2n) is 4.48. The summed E-state index contributed by atoms with van der Waals surface area (Å²) < 4.78 is 0.684. The number of aromatic nitrogens is 1. The van der Waals surface area contributed by atoms with E-state index in [4.69, 9.17) is 0 Å². The van der Waals surface area contributed by atoms with E-state index in [1.165, 1.54) is 18.2 Å². The zero-order chi connectivity index (χ0) is 15.6. The summed E-state index contributed by atoms with van der Waals surface area (Å²) in [5, 5.41) is 13.5. The number of hydrogen-bond donors (Lipinski definition) is 1. The number of nitro benzene ring substituents is 1. The molecule has 2 aromatic rings. The molecule has 0 aliphatic carbocycles. The monoisotopic (exact) mass is 349 g/mol. The van der Waals surface area contributed by atoms with Crippen molar-refractivity contribution in [3.63, 3.8) is 0 Å². The smallest absolute Gasteiger partial charge is 0.272 e. The number of amides is 1. The summed E-state index contributed by atoms with van der Waals surface area (Å²) in [6.45, 7) is 3.38. The van der Waals surface area contributed by atoms with Gasteiger partial charge in [0.1, 0.15) is 4.60 Å². The summed E-state index contributed by atoms with van der Waals surface area (Å²) in [6, 6.07) is 7.72. The highest BCUT2D eigenvalue weighted by atomic mass is 79.9. The molecule has 1 aromatic carbocycles. The molecule has 1 N–H and O–H groups in total. The molecule has 1 amide bonds. The number of nitro groups is 1. The van der Waals surface area contributed by atoms with Gasteiger partial charge in [-0.3, -0.25) is 14.9 Å². The number of anilines is 1. The minimum absolute atomic E-state index is 0.00645. The second kappa shape index (κ2) is 6.01. The molecule has 2 rings (SSSR count). The van der Waals surface area contributed by atoms with E-state index in [-0.39, 0.29) is 11.6 Å². The molecule has 0 saturated carbocycles. The normalized spacial score (nSPS) is 10.2. The number of nitrogens with zero attached hydrogens (tertiary/aromatic N) is 2. The summed E-state index contributed by atoms with van der Waals surface area (Å²) >= 11 is 3.25. The topological polar surface area (TPSA) is 85.1 Å². The van der Waals surface area contributed by atoms with E-state index in [0.717, 1.165) is 0 Å². The number of benzene rings is 1. The quantitative estimate of drug-likeness (QED) is 0.520. The number of aryl methyl sites for hydroxylation is 2. The minimum Gasteiger partial charge on any atom is -0.320 e. The van der Waals surface area contributed by atoms with E-state index in [1.807, 2.05) is 0 Å². The average Bonchev–Trinajstić information content (AvgIpc) is 2.41. The fourth-order valence-corrected chi connectivity index (χ4v) is 2.26. The van der Waals surface area contributed by atoms with Crippen LogP contribution in [0, 0.1) is 24.0 Å². The van der Waals surface area contributed by atoms with Gasteiger partial charge in [-0.1, -0.05) is 0 Å². The van der Waals surface area contributed by atoms with Gasteiger partial charge >= 0.3 is 0 Å². The van der Waals surface area contributed by atoms with Crippen molar-refractivity contribution in [2.45, 2.75) is 13.8 Å². The lowest BCUT2D eigenvalue weighted by Gasteiger charge is -2.08. The summed E-state index contributed by atoms with van der Waals surface area (Å²) in [6.07, 6.45) is 0. The van der Waals surface area contributed by atoms with Crippen LogP contribution >= 0.6 is 15.9 Å². The minimum atomic E-state index is -0.472. The van der Waals surface area contributed by atoms with E-state index in [0.29, 0.717) is 27.1 Å². The van der Waals surface area contributed by atoms with Crippen LogP contribution in [0.15, 0.2) is 34.9 Å². The molecule has 1 heterocycles. The van der Waals surface area contributed by atoms with Gasteiger partial charge in [-0.25, -0.2) is 4.98 Å². The lowest BCUT2D eigenvalue weighted by molar-refractivity contribution is -0.385. The maximum atomic E-state index is 12.2. The fraction of sp³-hybridized carbons (Fsp3) is 0.143. The molecule has 0 aliphatic heterocycles. The second-order valence-corrected chi connectivity index (χ2v) is 5.29. The molecule has 0 fully saturated rings. The SMILES string of the molecule is Cc1cc(C(=O)Nc2ccc(Br)nc2C)ccc1[N+](=O)[O-]. The van der Waals surface area contributed by atoms with Crippen molar-refractivity contribution >= 4 is 33.2 Å². The fourth-order valence-electron chi connectivity index (χ4n) is 1.86. The molecule has 6 nitrogen and oxygen atoms in total. The number of pyridine rings is 1. The first-order valence-corrected chi connectivity index (χ1v) is 6.87. The Hall–Kier alpha value is -2.28. The third-order valence-corrected chi connectivity index (χ3v) is 3.40. The lowest BCUT2D eigenvalue weighted by Crippen LogP contribution is -2.13. The molecule has 21 heavy (non-hydrogen) atoms. The van der Waals surface area contributed by atoms with Gasteiger partial charge in [0.25, 0.3) is 11.6 Å². The van der Waals surface area contributed by atoms with Crippen molar-refractivity contribution in [1.82, 2.24) is 4.98 Å². The maximum absolute atomic E-state index is 12.2. The molecule has 7 heteroatoms. The van der Waals surface area contributed by atoms with Gasteiger partial charge in [-0.05, 0) is 54.0 Å². The van der Waals surface area contributed by atoms with E-state index in [2.05, 4.69) is 26.2 Å². The Morgan fingerprint density at radius 3 is 2.57 bits per heavy atom. The summed E-state index contributed by atoms with van der Waals surface area (Å²) in [5.74, 6) is -0.333. The molecule has 0 atom stereocenters. The predicted molar refractivity (Wildman–Crippen MR) is 82.5 cm³/mol. The first-order valence-electron chi connectivity index (χ1n) is 6.08. The Morgan fingerprint density at radius 2 is 2.00 bits per heavy atom. The van der Waals surface area contributed by atoms with Crippen molar-refractivity contribution in [3.05, 3.63) is 61.9 Å². The summed E-state index contributed by atoms with van der Waals surface area (Å²) in [7, 11) is 0. The van der Waals surface area contributed by atoms with Gasteiger partial charge in [-0.2, -0.15) is 0 Å². The van der Waals surface area contributed by atoms with Gasteiger partial charge in [0.05, 0.1) is 16.3 Å². The number of rotatable bonds is 3. The van der Waals surface area contributed by atoms with Crippen molar-refractivity contribution in [1.29, 1.82) is 0 Å². The first-order chi connectivity index (χ1) is 9.88. The molecular formula is C14H12BrN3O3. The van der Waals surface area contributed by atoms with Crippen molar-refractivity contribution in [3.8, 4) is 0 Å². The van der Waals surface area contributed by atoms with Crippen molar-refractivity contribution in [2.75, 3.05) is 5.32 Å². The number of halogens is 1. The van der Waals surface area contributed by atoms with Crippen LogP contribution in [-0.4, -0.2) is 15.8 Å². The van der Waals surface area contributed by atoms with Crippen molar-refractivity contribution < 1.29 is 9.72 Å². The molecule has 0 radical (unpaired) electrons. The van der Waals surface area contributed by atoms with Gasteiger partial charge in [0.2, 0.25) is 0 Å². The van der Waals surface area contributed by atoms with Gasteiger partial charge in [-0.15, -0.1) is 0 Å². The number of hydrogen-bond acceptors (Lipinski definition) is 4. The largest absolute Gasteiger partial charge is 0.320 e. The Bertz CT molecular complexity index is 731. The van der Waals surface area contributed by atoms with E-state index in [1.54, 1.807) is 26.0 Å². The first kappa shape index (κ1) is 15.1. The average molecular weight is 350 g/mol. The molecule has 0 saturated heterocycles. The standard InChI is InChI=1S/C14H12BrN3O3/c1-8-7-10(3-5-12(8)18(20)21)14(19)17-11-4-6-13(15)16-9(11)2/h3-7H,1-2H3,(H,17,19). The van der Waals surface area contributed by atoms with Crippen LogP contribution in [0.5, 0.6) is 0 Å². The van der Waals surface area contributed by atoms with Crippen LogP contribution in [-0.2, 0) is 0 Å². The Labute approximate surface area is 129 Å². The molecule has 0 bridgehead atoms. The van der Waals surface area contributed by atoms with Crippen LogP contribution in [0.4, 0.5) is 11.4 Å². The number of carbonyl (C=O) groups is 1. The zero-order valence-corrected chi connectivity index (χ0v) is 13.0. The van der Waals surface area contributed by atoms with Crippen LogP contribution in [0.1, 0.15) is 21.6 Å². The summed E-state index contributed by atoms with van der Waals surface area (Å²) in [4.78, 5) is 26.6. The third kappa shape index (κ3) is 3.43. The van der Waals surface area contributed by atoms with E-state index in [9.17, 15) is 14.9 Å². The zero-order valence-electron chi connectivity index (χ0n) is 11.4. The highest BCUT2D eigenvalue weighted by molar-refractivity contribution is 9.10. The maximum Gasteiger partial charge on any atom is 0.272 e. The Morgan fingerprint density at radius 1 is 1.29 bits per heavy atom. The number of nitrogens with one attached hydrogen (secondary N) is 1. The van der Waals surface area contributed by atoms with Crippen LogP contribution in [0.3, 0.4) is 0 Å². The molecule has 0 aliphatic rings. The van der Waals surface area contributed by atoms with Crippen LogP contribution in [0.25, 0.3) is 0 Å². The number of carbonyl (C=O) groups excluding carboxylic acids is 1. The van der Waals surface area contributed by atoms with Crippen LogP contribution in [0.2, 0.25) is 0 Å². The molecule has 0 spiro atoms. The Kier molecular flexibility index (Phi) is 4.32. The highest BCUT2D eigenvalue weighted by Crippen LogP contribution is 2.21. The molecule has 0 unspecified atom stereocenters. The summed E-state index contributed by atoms with van der Waals surface area (Å²) in [5.41, 5.74) is 2.07.